The zero-order valence-corrected chi connectivity index (χ0v) is 27.5. The number of ether oxygens (including phenoxy) is 1. The highest BCUT2D eigenvalue weighted by Crippen LogP contribution is 2.29. The number of nitrogens with two attached hydrogens (primary N) is 1. The highest BCUT2D eigenvalue weighted by atomic mass is 35.5. The summed E-state index contributed by atoms with van der Waals surface area (Å²) in [6.45, 7) is 9.86. The van der Waals surface area contributed by atoms with Crippen molar-refractivity contribution in [2.45, 2.75) is 32.6 Å². The van der Waals surface area contributed by atoms with E-state index in [2.05, 4.69) is 41.0 Å². The average Bonchev–Trinajstić information content (AvgIpc) is 3.01. The highest BCUT2D eigenvalue weighted by molar-refractivity contribution is 6.40. The number of halogens is 2. The molecule has 0 aliphatic rings. The van der Waals surface area contributed by atoms with Crippen molar-refractivity contribution >= 4 is 64.2 Å². The van der Waals surface area contributed by atoms with Crippen LogP contribution in [-0.4, -0.2) is 68.0 Å². The Morgan fingerprint density at radius 1 is 1.02 bits per heavy atom. The molecule has 4 amide bonds. The highest BCUT2D eigenvalue weighted by Gasteiger charge is 2.18. The van der Waals surface area contributed by atoms with E-state index in [1.54, 1.807) is 48.6 Å². The Bertz CT molecular complexity index is 1470. The largest absolute Gasteiger partial charge is 0.448 e. The predicted molar refractivity (Wildman–Crippen MR) is 184 cm³/mol. The van der Waals surface area contributed by atoms with Crippen molar-refractivity contribution in [3.05, 3.63) is 94.5 Å². The summed E-state index contributed by atoms with van der Waals surface area (Å²) in [5, 5.41) is 8.37. The number of unbranched alkanes of at least 4 members (excludes halogenated alkanes) is 3. The Labute approximate surface area is 279 Å². The Hall–Kier alpha value is -4.61. The molecule has 0 saturated carbocycles. The summed E-state index contributed by atoms with van der Waals surface area (Å²) in [4.78, 5) is 54.8. The van der Waals surface area contributed by atoms with Crippen LogP contribution in [0.5, 0.6) is 0 Å². The Balaban J connectivity index is 1.83. The van der Waals surface area contributed by atoms with Crippen LogP contribution in [-0.2, 0) is 9.53 Å². The molecule has 2 aromatic rings. The number of carbonyl (C=O) groups is 4. The summed E-state index contributed by atoms with van der Waals surface area (Å²) in [7, 11) is 1.48. The number of hydrogen-bond acceptors (Lipinski definition) is 5. The minimum Gasteiger partial charge on any atom is -0.448 e. The van der Waals surface area contributed by atoms with Gasteiger partial charge < -0.3 is 31.3 Å². The summed E-state index contributed by atoms with van der Waals surface area (Å²) in [5.74, 6) is -1.55. The molecule has 0 saturated heterocycles. The molecule has 0 aromatic heterocycles. The van der Waals surface area contributed by atoms with Crippen molar-refractivity contribution in [1.29, 1.82) is 0 Å². The lowest BCUT2D eigenvalue weighted by Crippen LogP contribution is -2.41. The van der Waals surface area contributed by atoms with Crippen molar-refractivity contribution in [3.8, 4) is 0 Å². The van der Waals surface area contributed by atoms with Crippen LogP contribution in [0.2, 0.25) is 10.0 Å². The zero-order chi connectivity index (χ0) is 34.1. The average molecular weight is 672 g/mol. The lowest BCUT2D eigenvalue weighted by molar-refractivity contribution is -0.121. The maximum Gasteiger partial charge on any atom is 0.436 e. The molecule has 13 heteroatoms. The molecule has 2 rings (SSSR count). The van der Waals surface area contributed by atoms with Gasteiger partial charge in [-0.25, -0.2) is 4.79 Å². The fourth-order valence-corrected chi connectivity index (χ4v) is 4.67. The molecule has 0 atom stereocenters. The first kappa shape index (κ1) is 37.6. The number of aliphatic imine (C=N–C) groups is 1. The Morgan fingerprint density at radius 3 is 2.39 bits per heavy atom. The van der Waals surface area contributed by atoms with Gasteiger partial charge in [0.15, 0.2) is 0 Å². The summed E-state index contributed by atoms with van der Waals surface area (Å²) in [6.07, 6.45) is 8.11. The third-order valence-corrected chi connectivity index (χ3v) is 6.95. The number of anilines is 1. The van der Waals surface area contributed by atoms with E-state index in [9.17, 15) is 19.2 Å². The van der Waals surface area contributed by atoms with Gasteiger partial charge in [-0.15, -0.1) is 4.99 Å². The zero-order valence-electron chi connectivity index (χ0n) is 26.0. The minimum atomic E-state index is -0.805. The molecule has 2 aromatic carbocycles. The van der Waals surface area contributed by atoms with E-state index in [0.29, 0.717) is 16.8 Å². The van der Waals surface area contributed by atoms with Gasteiger partial charge in [0.05, 0.1) is 28.8 Å². The molecule has 246 valence electrons. The van der Waals surface area contributed by atoms with Crippen LogP contribution in [0, 0.1) is 0 Å². The molecule has 0 fully saturated rings. The second-order valence-electron chi connectivity index (χ2n) is 10.1. The van der Waals surface area contributed by atoms with Gasteiger partial charge in [0, 0.05) is 31.4 Å². The predicted octanol–water partition coefficient (Wildman–Crippen LogP) is 5.81. The van der Waals surface area contributed by atoms with Crippen molar-refractivity contribution < 1.29 is 23.9 Å². The minimum absolute atomic E-state index is 0.0918. The summed E-state index contributed by atoms with van der Waals surface area (Å²) in [6, 6.07) is 9.53. The molecule has 46 heavy (non-hydrogen) atoms. The van der Waals surface area contributed by atoms with Crippen molar-refractivity contribution in [2.75, 3.05) is 38.6 Å². The molecule has 0 aliphatic heterocycles. The quantitative estimate of drug-likeness (QED) is 0.0760. The van der Waals surface area contributed by atoms with Crippen molar-refractivity contribution in [3.63, 3.8) is 0 Å². The number of likely N-dealkylation sites (N-methyl/N-ethyl adjacent to an activating group) is 1. The molecular weight excluding hydrogens is 631 g/mol. The molecule has 0 heterocycles. The van der Waals surface area contributed by atoms with Crippen LogP contribution in [0.3, 0.4) is 0 Å². The van der Waals surface area contributed by atoms with Gasteiger partial charge in [-0.2, -0.15) is 0 Å². The van der Waals surface area contributed by atoms with Crippen LogP contribution < -0.4 is 21.7 Å². The number of allylic oxidation sites excluding steroid dienone is 4. The fourth-order valence-electron chi connectivity index (χ4n) is 4.01. The van der Waals surface area contributed by atoms with Gasteiger partial charge in [0.2, 0.25) is 11.9 Å². The summed E-state index contributed by atoms with van der Waals surface area (Å²) < 4.78 is 5.04. The first-order valence-electron chi connectivity index (χ1n) is 14.6. The number of hydrogen-bond donors (Lipinski definition) is 4. The van der Waals surface area contributed by atoms with Crippen molar-refractivity contribution in [2.24, 2.45) is 10.7 Å². The number of guanidine groups is 1. The van der Waals surface area contributed by atoms with E-state index in [-0.39, 0.29) is 53.4 Å². The lowest BCUT2D eigenvalue weighted by atomic mass is 10.0. The SMILES string of the molecule is C=C/C=C\C(=C)c1cc(Cl)c(C(=O)NCCNC(=O)CN(C)C(=O)c2cccc(N/C(N)=N/C(=O)OCCCCCC)c2)c(Cl)c1. The van der Waals surface area contributed by atoms with Crippen LogP contribution in [0.15, 0.2) is 72.8 Å². The fraction of sp³-hybridized carbons (Fsp3) is 0.303. The molecule has 0 aliphatic carbocycles. The van der Waals surface area contributed by atoms with E-state index in [4.69, 9.17) is 33.7 Å². The number of benzene rings is 2. The van der Waals surface area contributed by atoms with E-state index in [0.717, 1.165) is 25.7 Å². The first-order valence-corrected chi connectivity index (χ1v) is 15.4. The van der Waals surface area contributed by atoms with Gasteiger partial charge in [0.1, 0.15) is 0 Å². The third kappa shape index (κ3) is 12.8. The third-order valence-electron chi connectivity index (χ3n) is 6.35. The van der Waals surface area contributed by atoms with Gasteiger partial charge in [-0.1, -0.05) is 86.8 Å². The number of nitrogens with one attached hydrogen (secondary N) is 3. The van der Waals surface area contributed by atoms with E-state index in [1.807, 2.05) is 0 Å². The maximum atomic E-state index is 12.9. The van der Waals surface area contributed by atoms with E-state index < -0.39 is 23.8 Å². The van der Waals surface area contributed by atoms with Gasteiger partial charge in [-0.05, 0) is 47.9 Å². The number of carbonyl (C=O) groups excluding carboxylic acids is 4. The Kier molecular flexibility index (Phi) is 16.1. The van der Waals surface area contributed by atoms with E-state index >= 15 is 0 Å². The van der Waals surface area contributed by atoms with Crippen LogP contribution in [0.25, 0.3) is 5.57 Å². The van der Waals surface area contributed by atoms with Gasteiger partial charge in [0.25, 0.3) is 11.8 Å². The second-order valence-corrected chi connectivity index (χ2v) is 10.9. The smallest absolute Gasteiger partial charge is 0.436 e. The molecule has 0 bridgehead atoms. The van der Waals surface area contributed by atoms with Crippen LogP contribution >= 0.6 is 23.2 Å². The van der Waals surface area contributed by atoms with Gasteiger partial charge >= 0.3 is 6.09 Å². The lowest BCUT2D eigenvalue weighted by Gasteiger charge is -2.17. The molecule has 0 spiro atoms. The number of amides is 4. The molecular formula is C33H40Cl2N6O5. The molecule has 0 radical (unpaired) electrons. The van der Waals surface area contributed by atoms with Crippen molar-refractivity contribution in [1.82, 2.24) is 15.5 Å². The first-order chi connectivity index (χ1) is 22.0. The van der Waals surface area contributed by atoms with E-state index in [1.165, 1.54) is 18.0 Å². The molecule has 0 unspecified atom stereocenters. The van der Waals surface area contributed by atoms with Crippen LogP contribution in [0.1, 0.15) is 58.9 Å². The maximum absolute atomic E-state index is 12.9. The monoisotopic (exact) mass is 670 g/mol. The summed E-state index contributed by atoms with van der Waals surface area (Å²) in [5.41, 5.74) is 7.91. The molecule has 5 N–H and O–H groups in total. The summed E-state index contributed by atoms with van der Waals surface area (Å²) >= 11 is 12.6. The standard InChI is InChI=1S/C33H40Cl2N6O5/c1-5-7-9-10-17-46-33(45)40-32(36)39-25-14-11-13-23(18-25)31(44)41(4)21-28(42)37-15-16-38-30(43)29-26(34)19-24(20-27(29)35)22(3)12-8-6-2/h6,8,11-14,18-20H,2-3,5,7,9-10,15-17,21H2,1,4H3,(H,37,42)(H,38,43)(H3,36,39,40,45)/b12-8-. The Morgan fingerprint density at radius 2 is 1.72 bits per heavy atom. The number of nitrogens with zero attached hydrogens (tertiary/aromatic N) is 2. The normalized spacial score (nSPS) is 11.1. The second kappa shape index (κ2) is 19.7. The topological polar surface area (TPSA) is 155 Å². The molecule has 11 nitrogen and oxygen atoms in total. The van der Waals surface area contributed by atoms with Crippen LogP contribution in [0.4, 0.5) is 10.5 Å². The van der Waals surface area contributed by atoms with Gasteiger partial charge in [-0.3, -0.25) is 14.4 Å². The number of rotatable bonds is 16.